The molecule has 2 aromatic carbocycles. The lowest BCUT2D eigenvalue weighted by atomic mass is 9.98. The monoisotopic (exact) mass is 391 g/mol. The lowest BCUT2D eigenvalue weighted by molar-refractivity contribution is 0.0695. The summed E-state index contributed by atoms with van der Waals surface area (Å²) >= 11 is 0. The summed E-state index contributed by atoms with van der Waals surface area (Å²) in [5.41, 5.74) is 3.31. The number of nitrogens with zero attached hydrogens (tertiary/aromatic N) is 2. The van der Waals surface area contributed by atoms with Crippen LogP contribution in [0.5, 0.6) is 0 Å². The number of carbonyl (C=O) groups is 2. The molecule has 5 heteroatoms. The van der Waals surface area contributed by atoms with Crippen LogP contribution in [0.4, 0.5) is 5.69 Å². The molecule has 2 amide bonds. The summed E-state index contributed by atoms with van der Waals surface area (Å²) in [4.78, 5) is 29.6. The number of hydrogen-bond donors (Lipinski definition) is 1. The van der Waals surface area contributed by atoms with Crippen molar-refractivity contribution in [3.8, 4) is 0 Å². The molecule has 0 aromatic heterocycles. The lowest BCUT2D eigenvalue weighted by Gasteiger charge is -2.30. The van der Waals surface area contributed by atoms with Crippen LogP contribution in [0.1, 0.15) is 65.6 Å². The molecule has 0 aliphatic carbocycles. The zero-order chi connectivity index (χ0) is 20.4. The van der Waals surface area contributed by atoms with E-state index in [0.717, 1.165) is 49.2 Å². The van der Waals surface area contributed by atoms with Gasteiger partial charge in [0.1, 0.15) is 6.17 Å². The molecule has 2 aromatic rings. The smallest absolute Gasteiger partial charge is 0.256 e. The van der Waals surface area contributed by atoms with E-state index in [1.165, 1.54) is 0 Å². The quantitative estimate of drug-likeness (QED) is 0.814. The molecule has 4 rings (SSSR count). The second kappa shape index (κ2) is 8.27. The Kier molecular flexibility index (Phi) is 5.56. The largest absolute Gasteiger partial charge is 0.361 e. The molecule has 0 spiro atoms. The van der Waals surface area contributed by atoms with Gasteiger partial charge >= 0.3 is 0 Å². The average Bonchev–Trinajstić information content (AvgIpc) is 3.00. The Morgan fingerprint density at radius 2 is 1.86 bits per heavy atom. The first kappa shape index (κ1) is 19.5. The zero-order valence-electron chi connectivity index (χ0n) is 17.2. The van der Waals surface area contributed by atoms with E-state index in [1.54, 1.807) is 0 Å². The van der Waals surface area contributed by atoms with Crippen molar-refractivity contribution in [1.82, 2.24) is 9.80 Å². The zero-order valence-corrected chi connectivity index (χ0v) is 17.2. The molecule has 1 saturated heterocycles. The van der Waals surface area contributed by atoms with Crippen LogP contribution in [0.15, 0.2) is 48.5 Å². The summed E-state index contributed by atoms with van der Waals surface area (Å²) in [6.07, 6.45) is 2.82. The number of fused-ring (bicyclic) bond motifs is 1. The lowest BCUT2D eigenvalue weighted by Crippen LogP contribution is -2.38. The predicted molar refractivity (Wildman–Crippen MR) is 115 cm³/mol. The van der Waals surface area contributed by atoms with E-state index in [2.05, 4.69) is 19.2 Å². The number of carbonyl (C=O) groups excluding carboxylic acids is 2. The molecular weight excluding hydrogens is 362 g/mol. The van der Waals surface area contributed by atoms with E-state index in [4.69, 9.17) is 0 Å². The van der Waals surface area contributed by atoms with Crippen molar-refractivity contribution >= 4 is 17.5 Å². The van der Waals surface area contributed by atoms with Crippen molar-refractivity contribution in [3.63, 3.8) is 0 Å². The molecule has 2 aliphatic rings. The molecule has 5 nitrogen and oxygen atoms in total. The number of hydrogen-bond acceptors (Lipinski definition) is 3. The fraction of sp³-hybridized carbons (Fsp3) is 0.417. The first-order valence-corrected chi connectivity index (χ1v) is 10.6. The Balaban J connectivity index is 1.55. The van der Waals surface area contributed by atoms with E-state index >= 15 is 0 Å². The third-order valence-corrected chi connectivity index (χ3v) is 6.01. The topological polar surface area (TPSA) is 52.7 Å². The molecule has 0 radical (unpaired) electrons. The van der Waals surface area contributed by atoms with Crippen LogP contribution in [-0.2, 0) is 0 Å². The van der Waals surface area contributed by atoms with Gasteiger partial charge in [0.25, 0.3) is 11.8 Å². The minimum Gasteiger partial charge on any atom is -0.361 e. The summed E-state index contributed by atoms with van der Waals surface area (Å²) < 4.78 is 0. The first-order valence-electron chi connectivity index (χ1n) is 10.6. The Morgan fingerprint density at radius 1 is 1.10 bits per heavy atom. The van der Waals surface area contributed by atoms with Crippen LogP contribution >= 0.6 is 0 Å². The molecule has 29 heavy (non-hydrogen) atoms. The summed E-state index contributed by atoms with van der Waals surface area (Å²) in [5, 5.41) is 3.50. The van der Waals surface area contributed by atoms with Gasteiger partial charge in [-0.2, -0.15) is 0 Å². The van der Waals surface area contributed by atoms with Gasteiger partial charge in [0, 0.05) is 42.0 Å². The van der Waals surface area contributed by atoms with Crippen LogP contribution in [0.3, 0.4) is 0 Å². The number of benzene rings is 2. The Morgan fingerprint density at radius 3 is 2.62 bits per heavy atom. The molecular formula is C24H29N3O2. The van der Waals surface area contributed by atoms with Crippen molar-refractivity contribution in [2.45, 2.75) is 39.3 Å². The standard InChI is InChI=1S/C24H29N3O2/c1-3-13-27-22(20-9-4-5-10-21(20)24(27)29)25-19-8-6-7-18(16-19)23(28)26-14-11-17(2)12-15-26/h4-10,16-17,22,25H,3,11-15H2,1-2H3. The van der Waals surface area contributed by atoms with E-state index in [0.29, 0.717) is 18.0 Å². The summed E-state index contributed by atoms with van der Waals surface area (Å²) in [6, 6.07) is 15.4. The minimum absolute atomic E-state index is 0.0645. The molecule has 152 valence electrons. The van der Waals surface area contributed by atoms with Crippen molar-refractivity contribution in [3.05, 3.63) is 65.2 Å². The highest BCUT2D eigenvalue weighted by molar-refractivity contribution is 5.99. The van der Waals surface area contributed by atoms with Gasteiger partial charge in [-0.1, -0.05) is 38.1 Å². The predicted octanol–water partition coefficient (Wildman–Crippen LogP) is 4.54. The Bertz CT molecular complexity index is 903. The molecule has 2 aliphatic heterocycles. The van der Waals surface area contributed by atoms with Crippen LogP contribution in [0.25, 0.3) is 0 Å². The van der Waals surface area contributed by atoms with Gasteiger partial charge in [0.05, 0.1) is 0 Å². The minimum atomic E-state index is -0.208. The Labute approximate surface area is 172 Å². The van der Waals surface area contributed by atoms with Crippen molar-refractivity contribution in [2.24, 2.45) is 5.92 Å². The first-order chi connectivity index (χ1) is 14.1. The van der Waals surface area contributed by atoms with E-state index in [9.17, 15) is 9.59 Å². The second-order valence-corrected chi connectivity index (χ2v) is 8.19. The van der Waals surface area contributed by atoms with Crippen LogP contribution in [0, 0.1) is 5.92 Å². The number of piperidine rings is 1. The molecule has 1 atom stereocenters. The van der Waals surface area contributed by atoms with Gasteiger partial charge in [-0.15, -0.1) is 0 Å². The number of amides is 2. The molecule has 1 N–H and O–H groups in total. The maximum atomic E-state index is 12.9. The van der Waals surface area contributed by atoms with Gasteiger partial charge in [-0.3, -0.25) is 9.59 Å². The summed E-state index contributed by atoms with van der Waals surface area (Å²) in [5.74, 6) is 0.847. The molecule has 1 fully saturated rings. The second-order valence-electron chi connectivity index (χ2n) is 8.19. The van der Waals surface area contributed by atoms with Crippen molar-refractivity contribution < 1.29 is 9.59 Å². The highest BCUT2D eigenvalue weighted by Gasteiger charge is 2.35. The fourth-order valence-corrected chi connectivity index (χ4v) is 4.29. The van der Waals surface area contributed by atoms with Crippen molar-refractivity contribution in [2.75, 3.05) is 25.0 Å². The summed E-state index contributed by atoms with van der Waals surface area (Å²) in [6.45, 7) is 6.66. The highest BCUT2D eigenvalue weighted by Crippen LogP contribution is 2.34. The normalized spacial score (nSPS) is 19.4. The van der Waals surface area contributed by atoms with E-state index in [-0.39, 0.29) is 18.0 Å². The third-order valence-electron chi connectivity index (χ3n) is 6.01. The number of rotatable bonds is 5. The number of likely N-dealkylation sites (tertiary alicyclic amines) is 1. The van der Waals surface area contributed by atoms with E-state index < -0.39 is 0 Å². The molecule has 1 unspecified atom stereocenters. The van der Waals surface area contributed by atoms with Gasteiger partial charge < -0.3 is 15.1 Å². The molecule has 2 heterocycles. The van der Waals surface area contributed by atoms with Crippen LogP contribution < -0.4 is 5.32 Å². The maximum Gasteiger partial charge on any atom is 0.256 e. The third kappa shape index (κ3) is 3.86. The molecule has 0 saturated carbocycles. The average molecular weight is 392 g/mol. The van der Waals surface area contributed by atoms with Gasteiger partial charge in [-0.25, -0.2) is 0 Å². The van der Waals surface area contributed by atoms with Gasteiger partial charge in [0.2, 0.25) is 0 Å². The van der Waals surface area contributed by atoms with Crippen LogP contribution in [0.2, 0.25) is 0 Å². The highest BCUT2D eigenvalue weighted by atomic mass is 16.2. The number of nitrogens with one attached hydrogen (secondary N) is 1. The van der Waals surface area contributed by atoms with Crippen molar-refractivity contribution in [1.29, 1.82) is 0 Å². The SMILES string of the molecule is CCCN1C(=O)c2ccccc2C1Nc1cccc(C(=O)N2CCC(C)CC2)c1. The van der Waals surface area contributed by atoms with Gasteiger partial charge in [-0.05, 0) is 49.4 Å². The Hall–Kier alpha value is -2.82. The maximum absolute atomic E-state index is 12.9. The van der Waals surface area contributed by atoms with Crippen LogP contribution in [-0.4, -0.2) is 41.2 Å². The molecule has 0 bridgehead atoms. The summed E-state index contributed by atoms with van der Waals surface area (Å²) in [7, 11) is 0. The van der Waals surface area contributed by atoms with E-state index in [1.807, 2.05) is 58.3 Å². The number of anilines is 1. The fourth-order valence-electron chi connectivity index (χ4n) is 4.29. The van der Waals surface area contributed by atoms with Gasteiger partial charge in [0.15, 0.2) is 0 Å².